The average molecular weight is 390 g/mol. The van der Waals surface area contributed by atoms with Gasteiger partial charge in [-0.05, 0) is 32.3 Å². The van der Waals surface area contributed by atoms with Gasteiger partial charge in [-0.25, -0.2) is 0 Å². The molecular weight excluding hydrogens is 362 g/mol. The maximum absolute atomic E-state index is 12.7. The van der Waals surface area contributed by atoms with Crippen molar-refractivity contribution >= 4 is 16.1 Å². The number of rotatable bonds is 13. The zero-order valence-electron chi connectivity index (χ0n) is 15.1. The summed E-state index contributed by atoms with van der Waals surface area (Å²) < 4.78 is 40.7. The Morgan fingerprint density at radius 3 is 2.52 bits per heavy atom. The van der Waals surface area contributed by atoms with Crippen LogP contribution < -0.4 is 0 Å². The number of hydrogen-bond acceptors (Lipinski definition) is 5. The molecule has 1 aromatic rings. The molecule has 25 heavy (non-hydrogen) atoms. The second-order valence-electron chi connectivity index (χ2n) is 5.75. The van der Waals surface area contributed by atoms with Gasteiger partial charge in [0.15, 0.2) is 0 Å². The van der Waals surface area contributed by atoms with Crippen LogP contribution in [0.2, 0.25) is 0 Å². The Morgan fingerprint density at radius 2 is 1.96 bits per heavy atom. The van der Waals surface area contributed by atoms with E-state index >= 15 is 0 Å². The molecule has 0 aliphatic heterocycles. The van der Waals surface area contributed by atoms with E-state index in [0.29, 0.717) is 26.1 Å². The van der Waals surface area contributed by atoms with Gasteiger partial charge < -0.3 is 18.9 Å². The van der Waals surface area contributed by atoms with E-state index in [9.17, 15) is 14.0 Å². The third-order valence-electron chi connectivity index (χ3n) is 3.76. The molecule has 3 atom stereocenters. The Labute approximate surface area is 151 Å². The minimum atomic E-state index is -4.23. The zero-order chi connectivity index (χ0) is 18.8. The molecule has 0 aromatic heterocycles. The molecule has 0 heterocycles. The highest BCUT2D eigenvalue weighted by Gasteiger charge is 2.52. The summed E-state index contributed by atoms with van der Waals surface area (Å²) in [5, 5.41) is -1.75. The molecule has 0 fully saturated rings. The first kappa shape index (κ1) is 22.4. The van der Waals surface area contributed by atoms with Crippen molar-refractivity contribution < 1.29 is 28.0 Å². The van der Waals surface area contributed by atoms with Crippen LogP contribution in [-0.2, 0) is 29.7 Å². The lowest BCUT2D eigenvalue weighted by atomic mass is 10.2. The van der Waals surface area contributed by atoms with E-state index in [2.05, 4.69) is 0 Å². The lowest BCUT2D eigenvalue weighted by Crippen LogP contribution is -2.29. The molecule has 3 unspecified atom stereocenters. The van der Waals surface area contributed by atoms with Crippen molar-refractivity contribution in [3.05, 3.63) is 35.9 Å². The molecule has 0 radical (unpaired) electrons. The van der Waals surface area contributed by atoms with E-state index < -0.39 is 27.2 Å². The predicted octanol–water partition coefficient (Wildman–Crippen LogP) is 4.97. The fourth-order valence-electron chi connectivity index (χ4n) is 2.22. The van der Waals surface area contributed by atoms with Gasteiger partial charge in [-0.1, -0.05) is 37.3 Å². The summed E-state index contributed by atoms with van der Waals surface area (Å²) in [5.74, 6) is 0. The molecule has 0 aliphatic rings. The fraction of sp³-hybridized carbons (Fsp3) is 0.647. The van der Waals surface area contributed by atoms with Crippen LogP contribution in [0.5, 0.6) is 0 Å². The lowest BCUT2D eigenvalue weighted by molar-refractivity contribution is 0.0358. The first-order valence-electron chi connectivity index (χ1n) is 8.52. The summed E-state index contributed by atoms with van der Waals surface area (Å²) in [6.45, 7) is 6.22. The standard InChI is InChI=1S/C17H28O6P2/c1-4-15(3)23-25(19,20)17(24-18,22-5-2)12-9-13-21-14-16-10-7-6-8-11-16/h6-8,10-11,15H,4-5,9,12-14H2,1-3H3,(H,19,20). The van der Waals surface area contributed by atoms with Crippen LogP contribution in [0.3, 0.4) is 0 Å². The summed E-state index contributed by atoms with van der Waals surface area (Å²) in [5.41, 5.74) is 1.05. The van der Waals surface area contributed by atoms with E-state index in [1.54, 1.807) is 13.8 Å². The highest BCUT2D eigenvalue weighted by Crippen LogP contribution is 2.64. The molecule has 1 rings (SSSR count). The molecule has 0 amide bonds. The number of ether oxygens (including phenoxy) is 2. The second-order valence-corrected chi connectivity index (χ2v) is 8.99. The topological polar surface area (TPSA) is 82.1 Å². The number of hydrogen-bond donors (Lipinski definition) is 1. The van der Waals surface area contributed by atoms with Gasteiger partial charge in [0.1, 0.15) is 0 Å². The molecule has 1 aromatic carbocycles. The van der Waals surface area contributed by atoms with Crippen molar-refractivity contribution in [3.8, 4) is 0 Å². The van der Waals surface area contributed by atoms with Crippen LogP contribution in [0.4, 0.5) is 0 Å². The fourth-order valence-corrected chi connectivity index (χ4v) is 4.74. The first-order valence-corrected chi connectivity index (χ1v) is 10.9. The third-order valence-corrected chi connectivity index (χ3v) is 7.28. The Kier molecular flexibility index (Phi) is 10.0. The summed E-state index contributed by atoms with van der Waals surface area (Å²) in [6.07, 6.45) is 0.677. The minimum absolute atomic E-state index is 0.102. The molecule has 142 valence electrons. The van der Waals surface area contributed by atoms with E-state index in [1.165, 1.54) is 0 Å². The summed E-state index contributed by atoms with van der Waals surface area (Å²) >= 11 is 0. The minimum Gasteiger partial charge on any atom is -0.377 e. The zero-order valence-corrected chi connectivity index (χ0v) is 16.9. The largest absolute Gasteiger partial charge is 0.377 e. The highest BCUT2D eigenvalue weighted by molar-refractivity contribution is 7.63. The van der Waals surface area contributed by atoms with Gasteiger partial charge in [-0.3, -0.25) is 9.13 Å². The summed E-state index contributed by atoms with van der Waals surface area (Å²) in [7, 11) is -4.79. The Bertz CT molecular complexity index is 553. The van der Waals surface area contributed by atoms with Crippen molar-refractivity contribution in [1.82, 2.24) is 0 Å². The van der Waals surface area contributed by atoms with Crippen molar-refractivity contribution in [1.29, 1.82) is 0 Å². The molecule has 6 nitrogen and oxygen atoms in total. The van der Waals surface area contributed by atoms with E-state index in [-0.39, 0.29) is 13.0 Å². The van der Waals surface area contributed by atoms with E-state index in [0.717, 1.165) is 5.56 Å². The van der Waals surface area contributed by atoms with Crippen LogP contribution in [0.25, 0.3) is 0 Å². The van der Waals surface area contributed by atoms with E-state index in [1.807, 2.05) is 37.3 Å². The van der Waals surface area contributed by atoms with Gasteiger partial charge in [0.25, 0.3) is 0 Å². The molecule has 0 bridgehead atoms. The molecule has 0 spiro atoms. The molecular formula is C17H28O6P2. The second kappa shape index (κ2) is 11.2. The molecule has 1 N–H and O–H groups in total. The van der Waals surface area contributed by atoms with Gasteiger partial charge in [-0.2, -0.15) is 0 Å². The molecule has 8 heteroatoms. The summed E-state index contributed by atoms with van der Waals surface area (Å²) in [4.78, 5) is 10.4. The van der Waals surface area contributed by atoms with Crippen molar-refractivity contribution in [2.75, 3.05) is 13.2 Å². The molecule has 0 saturated carbocycles. The Hall–Kier alpha value is -0.610. The third kappa shape index (κ3) is 6.90. The SMILES string of the molecule is CCOC(CCCOCc1ccccc1)(P=O)P(=O)(O)OC(C)CC. The smallest absolute Gasteiger partial charge is 0.371 e. The van der Waals surface area contributed by atoms with Crippen molar-refractivity contribution in [3.63, 3.8) is 0 Å². The van der Waals surface area contributed by atoms with E-state index in [4.69, 9.17) is 14.0 Å². The van der Waals surface area contributed by atoms with Crippen LogP contribution in [0.1, 0.15) is 45.6 Å². The quantitative estimate of drug-likeness (QED) is 0.378. The lowest BCUT2D eigenvalue weighted by Gasteiger charge is -2.31. The highest BCUT2D eigenvalue weighted by atomic mass is 31.2. The average Bonchev–Trinajstić information content (AvgIpc) is 2.60. The van der Waals surface area contributed by atoms with Crippen LogP contribution >= 0.6 is 16.1 Å². The van der Waals surface area contributed by atoms with Crippen LogP contribution in [0.15, 0.2) is 30.3 Å². The van der Waals surface area contributed by atoms with Crippen molar-refractivity contribution in [2.24, 2.45) is 0 Å². The van der Waals surface area contributed by atoms with Crippen molar-refractivity contribution in [2.45, 2.75) is 57.8 Å². The predicted molar refractivity (Wildman–Crippen MR) is 98.0 cm³/mol. The maximum Gasteiger partial charge on any atom is 0.371 e. The van der Waals surface area contributed by atoms with Gasteiger partial charge in [0.05, 0.1) is 12.7 Å². The maximum atomic E-state index is 12.7. The van der Waals surface area contributed by atoms with Crippen LogP contribution in [0, 0.1) is 0 Å². The van der Waals surface area contributed by atoms with Crippen LogP contribution in [-0.4, -0.2) is 29.3 Å². The Balaban J connectivity index is 2.62. The number of benzene rings is 1. The summed E-state index contributed by atoms with van der Waals surface area (Å²) in [6, 6.07) is 9.72. The normalized spacial score (nSPS) is 17.8. The first-order chi connectivity index (χ1) is 11.9. The molecule has 0 saturated heterocycles. The monoisotopic (exact) mass is 390 g/mol. The van der Waals surface area contributed by atoms with Gasteiger partial charge in [0, 0.05) is 19.6 Å². The Morgan fingerprint density at radius 1 is 1.28 bits per heavy atom. The van der Waals surface area contributed by atoms with Gasteiger partial charge in [0.2, 0.25) is 13.5 Å². The van der Waals surface area contributed by atoms with Gasteiger partial charge >= 0.3 is 7.60 Å². The molecule has 0 aliphatic carbocycles. The van der Waals surface area contributed by atoms with Gasteiger partial charge in [-0.15, -0.1) is 0 Å².